The van der Waals surface area contributed by atoms with Gasteiger partial charge in [-0.3, -0.25) is 19.3 Å². The Kier molecular flexibility index (Phi) is 11.0. The minimum absolute atomic E-state index is 0.00272. The summed E-state index contributed by atoms with van der Waals surface area (Å²) in [7, 11) is 3.75. The highest BCUT2D eigenvalue weighted by Crippen LogP contribution is 2.64. The molecule has 8 rings (SSSR count). The van der Waals surface area contributed by atoms with Crippen LogP contribution in [0.15, 0.2) is 77.0 Å². The quantitative estimate of drug-likeness (QED) is 0.0593. The van der Waals surface area contributed by atoms with Crippen LogP contribution in [0.3, 0.4) is 0 Å². The van der Waals surface area contributed by atoms with Gasteiger partial charge in [-0.25, -0.2) is 9.59 Å². The van der Waals surface area contributed by atoms with E-state index in [0.717, 1.165) is 5.56 Å². The molecule has 314 valence electrons. The molecule has 60 heavy (non-hydrogen) atoms. The second-order valence-corrected chi connectivity index (χ2v) is 17.2. The van der Waals surface area contributed by atoms with Gasteiger partial charge < -0.3 is 33.5 Å². The monoisotopic (exact) mass is 819 g/mol. The van der Waals surface area contributed by atoms with Gasteiger partial charge in [0.15, 0.2) is 23.1 Å². The average Bonchev–Trinajstić information content (AvgIpc) is 3.80. The van der Waals surface area contributed by atoms with E-state index in [1.165, 1.54) is 11.0 Å². The maximum atomic E-state index is 15.2. The Morgan fingerprint density at radius 3 is 2.33 bits per heavy atom. The summed E-state index contributed by atoms with van der Waals surface area (Å²) in [6.07, 6.45) is 1.25. The van der Waals surface area contributed by atoms with Crippen molar-refractivity contribution in [1.82, 2.24) is 10.5 Å². The molecule has 3 atom stereocenters. The molecule has 1 fully saturated rings. The van der Waals surface area contributed by atoms with Crippen molar-refractivity contribution in [3.05, 3.63) is 106 Å². The van der Waals surface area contributed by atoms with Gasteiger partial charge in [0.05, 0.1) is 11.3 Å². The molecule has 1 amide bonds. The Morgan fingerprint density at radius 1 is 0.983 bits per heavy atom. The lowest BCUT2D eigenvalue weighted by Gasteiger charge is -2.37. The number of ether oxygens (including phenoxy) is 5. The molecule has 1 aromatic heterocycles. The minimum atomic E-state index is -1.43. The van der Waals surface area contributed by atoms with Crippen LogP contribution in [0.2, 0.25) is 0 Å². The first-order chi connectivity index (χ1) is 28.5. The third-order valence-corrected chi connectivity index (χ3v) is 10.5. The van der Waals surface area contributed by atoms with Crippen molar-refractivity contribution in [2.24, 2.45) is 11.8 Å². The van der Waals surface area contributed by atoms with Crippen molar-refractivity contribution in [3.63, 3.8) is 0 Å². The van der Waals surface area contributed by atoms with E-state index in [4.69, 9.17) is 28.2 Å². The summed E-state index contributed by atoms with van der Waals surface area (Å²) in [5.41, 5.74) is -0.955. The average molecular weight is 820 g/mol. The molecule has 0 radical (unpaired) electrons. The zero-order valence-electron chi connectivity index (χ0n) is 35.1. The summed E-state index contributed by atoms with van der Waals surface area (Å²) in [6.45, 7) is 14.3. The summed E-state index contributed by atoms with van der Waals surface area (Å²) >= 11 is 0. The van der Waals surface area contributed by atoms with Crippen LogP contribution in [0.5, 0.6) is 11.6 Å². The van der Waals surface area contributed by atoms with E-state index in [2.05, 4.69) is 17.1 Å². The van der Waals surface area contributed by atoms with Crippen molar-refractivity contribution in [1.29, 1.82) is 0 Å². The summed E-state index contributed by atoms with van der Waals surface area (Å²) in [5.74, 6) is -1.27. The number of rotatable bonds is 8. The molecule has 14 heteroatoms. The number of Topliss-reactive ketones (excluding diaryl/α,β-unsaturated/α-hetero) is 2. The standard InChI is InChI=1S/C44H42N2O11.C2H7N/c1-8-16-46(40(50)55-42(2,3)4)34-27-15-14-24(21-47)17-28(27)36(53-41(51)56-43(5,6)7)32-29(34)19-25-18-26-20-30-33(37(49)44(26)38(54-44)31(25)35(32)48)39(45-57-30)52-22-23-12-10-9-11-13-23;1-3-2/h8-15,17,21,25-26H,1,16,18-20,22H2,2-7H3;3H,1-2H3/t25-,26+,44-;/m1./s1. The van der Waals surface area contributed by atoms with E-state index in [9.17, 15) is 19.2 Å². The van der Waals surface area contributed by atoms with Crippen LogP contribution in [-0.4, -0.2) is 72.7 Å². The Balaban J connectivity index is 0.00000176. The Morgan fingerprint density at radius 2 is 1.68 bits per heavy atom. The Labute approximate surface area is 347 Å². The van der Waals surface area contributed by atoms with Crippen molar-refractivity contribution < 1.29 is 52.2 Å². The van der Waals surface area contributed by atoms with Gasteiger partial charge >= 0.3 is 12.2 Å². The van der Waals surface area contributed by atoms with Crippen LogP contribution in [0.25, 0.3) is 10.8 Å². The van der Waals surface area contributed by atoms with E-state index >= 15 is 4.79 Å². The highest BCUT2D eigenvalue weighted by molar-refractivity contribution is 6.22. The van der Waals surface area contributed by atoms with Gasteiger partial charge in [0, 0.05) is 40.8 Å². The number of carbonyl (C=O) groups is 5. The van der Waals surface area contributed by atoms with E-state index < -0.39 is 52.5 Å². The molecule has 3 aliphatic carbocycles. The highest BCUT2D eigenvalue weighted by Gasteiger charge is 2.72. The van der Waals surface area contributed by atoms with Crippen LogP contribution in [-0.2, 0) is 33.7 Å². The fraction of sp³-hybridized carbons (Fsp3) is 0.391. The lowest BCUT2D eigenvalue weighted by Crippen LogP contribution is -2.45. The van der Waals surface area contributed by atoms with Crippen LogP contribution in [0, 0.1) is 11.8 Å². The van der Waals surface area contributed by atoms with Crippen molar-refractivity contribution in [2.75, 3.05) is 25.5 Å². The molecular weight excluding hydrogens is 771 g/mol. The number of aldehydes is 1. The fourth-order valence-corrected chi connectivity index (χ4v) is 8.29. The van der Waals surface area contributed by atoms with Crippen molar-refractivity contribution in [2.45, 2.75) is 84.2 Å². The molecule has 1 aliphatic heterocycles. The van der Waals surface area contributed by atoms with Gasteiger partial charge in [-0.2, -0.15) is 0 Å². The summed E-state index contributed by atoms with van der Waals surface area (Å²) in [5, 5.41) is 7.49. The molecule has 14 nitrogen and oxygen atoms in total. The molecule has 2 heterocycles. The molecule has 4 aromatic rings. The van der Waals surface area contributed by atoms with Crippen LogP contribution in [0.4, 0.5) is 15.3 Å². The zero-order valence-corrected chi connectivity index (χ0v) is 35.1. The number of amides is 1. The van der Waals surface area contributed by atoms with Crippen molar-refractivity contribution >= 4 is 46.6 Å². The number of allylic oxidation sites excluding steroid dienone is 1. The third kappa shape index (κ3) is 7.55. The number of aromatic nitrogens is 1. The van der Waals surface area contributed by atoms with Gasteiger partial charge in [0.1, 0.15) is 29.7 Å². The number of epoxide rings is 1. The number of anilines is 1. The van der Waals surface area contributed by atoms with E-state index in [0.29, 0.717) is 41.5 Å². The van der Waals surface area contributed by atoms with Gasteiger partial charge in [-0.05, 0) is 96.7 Å². The maximum absolute atomic E-state index is 15.2. The predicted molar refractivity (Wildman–Crippen MR) is 221 cm³/mol. The topological polar surface area (TPSA) is 176 Å². The largest absolute Gasteiger partial charge is 0.514 e. The number of nitrogens with one attached hydrogen (secondary N) is 1. The minimum Gasteiger partial charge on any atom is -0.470 e. The van der Waals surface area contributed by atoms with Gasteiger partial charge in [0.2, 0.25) is 11.4 Å². The van der Waals surface area contributed by atoms with E-state index in [1.54, 1.807) is 59.8 Å². The predicted octanol–water partition coefficient (Wildman–Crippen LogP) is 8.13. The maximum Gasteiger partial charge on any atom is 0.514 e. The van der Waals surface area contributed by atoms with Crippen LogP contribution in [0.1, 0.15) is 95.9 Å². The fourth-order valence-electron chi connectivity index (χ4n) is 8.29. The number of carbonyl (C=O) groups excluding carboxylic acids is 5. The van der Waals surface area contributed by atoms with Crippen LogP contribution < -0.4 is 19.7 Å². The van der Waals surface area contributed by atoms with Gasteiger partial charge in [-0.15, -0.1) is 6.58 Å². The van der Waals surface area contributed by atoms with Crippen LogP contribution >= 0.6 is 0 Å². The summed E-state index contributed by atoms with van der Waals surface area (Å²) in [6, 6.07) is 14.2. The number of hydrogen-bond acceptors (Lipinski definition) is 13. The van der Waals surface area contributed by atoms with E-state index in [-0.39, 0.29) is 64.6 Å². The first-order valence-corrected chi connectivity index (χ1v) is 19.8. The molecule has 0 unspecified atom stereocenters. The van der Waals surface area contributed by atoms with Crippen molar-refractivity contribution in [3.8, 4) is 11.6 Å². The second kappa shape index (κ2) is 15.7. The first kappa shape index (κ1) is 41.9. The molecule has 0 bridgehead atoms. The number of nitrogens with zero attached hydrogens (tertiary/aromatic N) is 2. The third-order valence-electron chi connectivity index (χ3n) is 10.5. The number of hydrogen-bond donors (Lipinski definition) is 1. The van der Waals surface area contributed by atoms with Gasteiger partial charge in [-0.1, -0.05) is 48.5 Å². The SMILES string of the molecule is C=CCN(C(=O)OC(C)(C)C)c1c2c(c(OC(=O)OC(C)(C)C)c3cc(C=O)ccc13)C(=O)C1=C3O[C@]34C(=O)c3c(OCc5ccccc5)noc3C[C@@H]4C[C@@H]1C2.CNC. The summed E-state index contributed by atoms with van der Waals surface area (Å²) < 4.78 is 35.3. The molecule has 4 aliphatic rings. The number of fused-ring (bicyclic) bond motifs is 4. The molecule has 1 saturated heterocycles. The first-order valence-electron chi connectivity index (χ1n) is 19.8. The zero-order chi connectivity index (χ0) is 43.3. The lowest BCUT2D eigenvalue weighted by molar-refractivity contribution is 0.0207. The summed E-state index contributed by atoms with van der Waals surface area (Å²) in [4.78, 5) is 70.7. The van der Waals surface area contributed by atoms with Gasteiger partial charge in [0.25, 0.3) is 5.88 Å². The molecule has 3 aromatic carbocycles. The van der Waals surface area contributed by atoms with E-state index in [1.807, 2.05) is 44.4 Å². The molecular formula is C46H49N3O11. The number of ketones is 2. The Hall–Kier alpha value is -6.28. The molecule has 0 saturated carbocycles. The highest BCUT2D eigenvalue weighted by atomic mass is 16.7. The number of benzene rings is 3. The Bertz CT molecular complexity index is 2450. The molecule has 1 N–H and O–H groups in total. The second-order valence-electron chi connectivity index (χ2n) is 17.2. The normalized spacial score (nSPS) is 19.8. The molecule has 1 spiro atoms. The lowest BCUT2D eigenvalue weighted by atomic mass is 9.63. The smallest absolute Gasteiger partial charge is 0.470 e.